The largest absolute Gasteiger partial charge is 0.416 e. The maximum absolute atomic E-state index is 12.5. The number of hydrogen-bond acceptors (Lipinski definition) is 2. The van der Waals surface area contributed by atoms with E-state index in [0.717, 1.165) is 12.1 Å². The normalized spacial score (nSPS) is 13.9. The van der Waals surface area contributed by atoms with Gasteiger partial charge in [0.15, 0.2) is 0 Å². The van der Waals surface area contributed by atoms with Crippen molar-refractivity contribution in [2.24, 2.45) is 5.92 Å². The number of alkyl halides is 3. The Morgan fingerprint density at radius 3 is 2.50 bits per heavy atom. The molecule has 1 aromatic carbocycles. The molecule has 1 atom stereocenters. The summed E-state index contributed by atoms with van der Waals surface area (Å²) in [6, 6.07) is 5.18. The molecule has 0 saturated carbocycles. The van der Waals surface area contributed by atoms with E-state index >= 15 is 0 Å². The van der Waals surface area contributed by atoms with E-state index in [2.05, 4.69) is 5.32 Å². The predicted molar refractivity (Wildman–Crippen MR) is 64.0 cm³/mol. The molecule has 0 amide bonds. The molecule has 0 saturated heterocycles. The summed E-state index contributed by atoms with van der Waals surface area (Å²) in [5.41, 5.74) is -0.0908. The Hall–Kier alpha value is -1.07. The van der Waals surface area contributed by atoms with Gasteiger partial charge in [-0.15, -0.1) is 0 Å². The molecule has 2 N–H and O–H groups in total. The van der Waals surface area contributed by atoms with Crippen LogP contribution in [0.3, 0.4) is 0 Å². The van der Waals surface area contributed by atoms with Crippen molar-refractivity contribution in [3.8, 4) is 0 Å². The van der Waals surface area contributed by atoms with E-state index in [4.69, 9.17) is 0 Å². The van der Waals surface area contributed by atoms with Crippen molar-refractivity contribution < 1.29 is 18.3 Å². The van der Waals surface area contributed by atoms with Gasteiger partial charge in [0, 0.05) is 13.1 Å². The first-order chi connectivity index (χ1) is 8.30. The zero-order valence-electron chi connectivity index (χ0n) is 10.5. The van der Waals surface area contributed by atoms with E-state index in [1.807, 2.05) is 13.8 Å². The molecule has 1 aromatic rings. The molecule has 2 nitrogen and oxygen atoms in total. The topological polar surface area (TPSA) is 32.3 Å². The van der Waals surface area contributed by atoms with E-state index in [9.17, 15) is 18.3 Å². The molecule has 0 heterocycles. The van der Waals surface area contributed by atoms with Crippen LogP contribution in [0.1, 0.15) is 25.0 Å². The van der Waals surface area contributed by atoms with E-state index in [1.54, 1.807) is 6.07 Å². The first-order valence-corrected chi connectivity index (χ1v) is 5.85. The minimum absolute atomic E-state index is 0.124. The van der Waals surface area contributed by atoms with Crippen LogP contribution >= 0.6 is 0 Å². The van der Waals surface area contributed by atoms with Crippen molar-refractivity contribution >= 4 is 0 Å². The molecule has 5 heteroatoms. The van der Waals surface area contributed by atoms with Crippen LogP contribution in [0.5, 0.6) is 0 Å². The van der Waals surface area contributed by atoms with Gasteiger partial charge in [-0.05, 0) is 17.5 Å². The molecule has 102 valence electrons. The Morgan fingerprint density at radius 2 is 1.94 bits per heavy atom. The fourth-order valence-corrected chi connectivity index (χ4v) is 1.46. The van der Waals surface area contributed by atoms with Crippen LogP contribution in [0.4, 0.5) is 13.2 Å². The number of hydrogen-bond donors (Lipinski definition) is 2. The highest BCUT2D eigenvalue weighted by atomic mass is 19.4. The molecule has 0 radical (unpaired) electrons. The third kappa shape index (κ3) is 4.66. The van der Waals surface area contributed by atoms with Gasteiger partial charge in [0.2, 0.25) is 0 Å². The van der Waals surface area contributed by atoms with Crippen molar-refractivity contribution in [1.29, 1.82) is 0 Å². The van der Waals surface area contributed by atoms with Gasteiger partial charge in [0.05, 0.1) is 11.7 Å². The fraction of sp³-hybridized carbons (Fsp3) is 0.538. The van der Waals surface area contributed by atoms with E-state index < -0.39 is 17.8 Å². The van der Waals surface area contributed by atoms with Crippen molar-refractivity contribution in [3.63, 3.8) is 0 Å². The average Bonchev–Trinajstić information content (AvgIpc) is 2.28. The van der Waals surface area contributed by atoms with E-state index in [-0.39, 0.29) is 5.92 Å². The van der Waals surface area contributed by atoms with E-state index in [1.165, 1.54) is 6.07 Å². The second-order valence-electron chi connectivity index (χ2n) is 4.64. The summed E-state index contributed by atoms with van der Waals surface area (Å²) in [7, 11) is 0. The van der Waals surface area contributed by atoms with Gasteiger partial charge in [-0.1, -0.05) is 32.0 Å². The molecule has 0 spiro atoms. The zero-order chi connectivity index (χ0) is 13.8. The second-order valence-corrected chi connectivity index (χ2v) is 4.64. The molecule has 1 unspecified atom stereocenters. The monoisotopic (exact) mass is 261 g/mol. The van der Waals surface area contributed by atoms with Gasteiger partial charge in [0.25, 0.3) is 0 Å². The summed E-state index contributed by atoms with van der Waals surface area (Å²) in [5, 5.41) is 12.5. The molecule has 0 bridgehead atoms. The molecule has 0 aliphatic rings. The van der Waals surface area contributed by atoms with Gasteiger partial charge in [-0.2, -0.15) is 13.2 Å². The summed E-state index contributed by atoms with van der Waals surface area (Å²) in [6.45, 7) is 4.45. The number of nitrogens with one attached hydrogen (secondary N) is 1. The maximum Gasteiger partial charge on any atom is 0.416 e. The van der Waals surface area contributed by atoms with Crippen LogP contribution < -0.4 is 5.32 Å². The number of aliphatic hydroxyl groups is 1. The minimum atomic E-state index is -4.31. The Labute approximate surface area is 105 Å². The number of benzene rings is 1. The van der Waals surface area contributed by atoms with Crippen LogP contribution in [-0.4, -0.2) is 17.8 Å². The Balaban J connectivity index is 2.53. The highest BCUT2D eigenvalue weighted by Crippen LogP contribution is 2.29. The zero-order valence-corrected chi connectivity index (χ0v) is 10.5. The third-order valence-electron chi connectivity index (χ3n) is 2.71. The van der Waals surface area contributed by atoms with Gasteiger partial charge in [-0.25, -0.2) is 0 Å². The molecule has 0 fully saturated rings. The summed E-state index contributed by atoms with van der Waals surface area (Å²) >= 11 is 0. The van der Waals surface area contributed by atoms with Gasteiger partial charge >= 0.3 is 6.18 Å². The third-order valence-corrected chi connectivity index (χ3v) is 2.71. The highest BCUT2D eigenvalue weighted by molar-refractivity contribution is 5.25. The lowest BCUT2D eigenvalue weighted by Gasteiger charge is -2.15. The van der Waals surface area contributed by atoms with Gasteiger partial charge in [-0.3, -0.25) is 0 Å². The standard InChI is InChI=1S/C13H18F3NO/c1-9(2)12(18)8-17-7-10-4-3-5-11(6-10)13(14,15)16/h3-6,9,12,17-18H,7-8H2,1-2H3. The SMILES string of the molecule is CC(C)C(O)CNCc1cccc(C(F)(F)F)c1. The van der Waals surface area contributed by atoms with Crippen LogP contribution in [-0.2, 0) is 12.7 Å². The average molecular weight is 261 g/mol. The highest BCUT2D eigenvalue weighted by Gasteiger charge is 2.30. The summed E-state index contributed by atoms with van der Waals surface area (Å²) in [6.07, 6.45) is -4.80. The summed E-state index contributed by atoms with van der Waals surface area (Å²) in [4.78, 5) is 0. The first-order valence-electron chi connectivity index (χ1n) is 5.85. The molecule has 0 aromatic heterocycles. The Kier molecular flexibility index (Phi) is 5.16. The molecule has 0 aliphatic carbocycles. The van der Waals surface area contributed by atoms with Gasteiger partial charge in [0.1, 0.15) is 0 Å². The van der Waals surface area contributed by atoms with Gasteiger partial charge < -0.3 is 10.4 Å². The van der Waals surface area contributed by atoms with Crippen molar-refractivity contribution in [2.45, 2.75) is 32.7 Å². The molecule has 18 heavy (non-hydrogen) atoms. The van der Waals surface area contributed by atoms with E-state index in [0.29, 0.717) is 18.7 Å². The lowest BCUT2D eigenvalue weighted by Crippen LogP contribution is -2.30. The van der Waals surface area contributed by atoms with Crippen LogP contribution in [0.2, 0.25) is 0 Å². The van der Waals surface area contributed by atoms with Crippen molar-refractivity contribution in [2.75, 3.05) is 6.54 Å². The minimum Gasteiger partial charge on any atom is -0.392 e. The smallest absolute Gasteiger partial charge is 0.392 e. The lowest BCUT2D eigenvalue weighted by atomic mass is 10.1. The predicted octanol–water partition coefficient (Wildman–Crippen LogP) is 2.81. The second kappa shape index (κ2) is 6.20. The molecule has 1 rings (SSSR count). The summed E-state index contributed by atoms with van der Waals surface area (Å²) < 4.78 is 37.4. The summed E-state index contributed by atoms with van der Waals surface area (Å²) in [5.74, 6) is 0.124. The molecular weight excluding hydrogens is 243 g/mol. The Morgan fingerprint density at radius 1 is 1.28 bits per heavy atom. The van der Waals surface area contributed by atoms with Crippen molar-refractivity contribution in [3.05, 3.63) is 35.4 Å². The maximum atomic E-state index is 12.5. The molecular formula is C13H18F3NO. The van der Waals surface area contributed by atoms with Crippen LogP contribution in [0.25, 0.3) is 0 Å². The quantitative estimate of drug-likeness (QED) is 0.854. The van der Waals surface area contributed by atoms with Crippen LogP contribution in [0.15, 0.2) is 24.3 Å². The molecule has 0 aliphatic heterocycles. The fourth-order valence-electron chi connectivity index (χ4n) is 1.46. The Bertz CT molecular complexity index is 377. The lowest BCUT2D eigenvalue weighted by molar-refractivity contribution is -0.137. The first kappa shape index (κ1) is 15.0. The number of rotatable bonds is 5. The number of halogens is 3. The number of aliphatic hydroxyl groups excluding tert-OH is 1. The van der Waals surface area contributed by atoms with Crippen LogP contribution in [0, 0.1) is 5.92 Å². The van der Waals surface area contributed by atoms with Crippen molar-refractivity contribution in [1.82, 2.24) is 5.32 Å².